The lowest BCUT2D eigenvalue weighted by Crippen LogP contribution is -2.32. The van der Waals surface area contributed by atoms with E-state index in [4.69, 9.17) is 4.74 Å². The number of carbonyl (C=O) groups excluding carboxylic acids is 1. The van der Waals surface area contributed by atoms with Crippen LogP contribution in [0.15, 0.2) is 24.3 Å². The standard InChI is InChI=1S/C14H20FNO2/c1-5-12(14(17)18-4)13(16(2)3)10-7-6-8-11(15)9-10/h6-9,12-13H,5H2,1-4H3. The quantitative estimate of drug-likeness (QED) is 0.755. The summed E-state index contributed by atoms with van der Waals surface area (Å²) < 4.78 is 18.1. The second-order valence-corrected chi connectivity index (χ2v) is 4.50. The number of hydrogen-bond acceptors (Lipinski definition) is 3. The first-order valence-corrected chi connectivity index (χ1v) is 6.01. The van der Waals surface area contributed by atoms with E-state index in [-0.39, 0.29) is 23.7 Å². The fraction of sp³-hybridized carbons (Fsp3) is 0.500. The minimum atomic E-state index is -0.299. The van der Waals surface area contributed by atoms with Crippen LogP contribution in [0, 0.1) is 11.7 Å². The number of nitrogens with zero attached hydrogens (tertiary/aromatic N) is 1. The largest absolute Gasteiger partial charge is 0.469 e. The normalized spacial score (nSPS) is 14.3. The van der Waals surface area contributed by atoms with Crippen LogP contribution in [-0.2, 0) is 9.53 Å². The number of esters is 1. The fourth-order valence-corrected chi connectivity index (χ4v) is 2.25. The van der Waals surface area contributed by atoms with E-state index in [1.54, 1.807) is 6.07 Å². The molecule has 0 N–H and O–H groups in total. The predicted octanol–water partition coefficient (Wildman–Crippen LogP) is 2.63. The van der Waals surface area contributed by atoms with Crippen LogP contribution in [0.3, 0.4) is 0 Å². The topological polar surface area (TPSA) is 29.5 Å². The first kappa shape index (κ1) is 14.6. The highest BCUT2D eigenvalue weighted by atomic mass is 19.1. The van der Waals surface area contributed by atoms with Crippen LogP contribution in [0.2, 0.25) is 0 Å². The number of carbonyl (C=O) groups is 1. The van der Waals surface area contributed by atoms with Gasteiger partial charge in [0.1, 0.15) is 5.82 Å². The summed E-state index contributed by atoms with van der Waals surface area (Å²) in [6, 6.07) is 6.17. The van der Waals surface area contributed by atoms with Gasteiger partial charge in [-0.15, -0.1) is 0 Å². The van der Waals surface area contributed by atoms with E-state index in [1.165, 1.54) is 19.2 Å². The van der Waals surface area contributed by atoms with Gasteiger partial charge in [0.05, 0.1) is 13.0 Å². The van der Waals surface area contributed by atoms with Crippen LogP contribution in [0.1, 0.15) is 24.9 Å². The Morgan fingerprint density at radius 2 is 2.11 bits per heavy atom. The Bertz CT molecular complexity index is 407. The molecule has 1 rings (SSSR count). The number of halogens is 1. The third kappa shape index (κ3) is 3.29. The molecule has 0 bridgehead atoms. The number of hydrogen-bond donors (Lipinski definition) is 0. The third-order valence-electron chi connectivity index (χ3n) is 3.07. The molecule has 0 radical (unpaired) electrons. The Kier molecular flexibility index (Phi) is 5.28. The van der Waals surface area contributed by atoms with Crippen LogP contribution in [0.5, 0.6) is 0 Å². The molecule has 0 spiro atoms. The van der Waals surface area contributed by atoms with E-state index in [9.17, 15) is 9.18 Å². The van der Waals surface area contributed by atoms with E-state index >= 15 is 0 Å². The average molecular weight is 253 g/mol. The Labute approximate surface area is 108 Å². The molecule has 0 aliphatic rings. The third-order valence-corrected chi connectivity index (χ3v) is 3.07. The van der Waals surface area contributed by atoms with Crippen LogP contribution >= 0.6 is 0 Å². The molecule has 100 valence electrons. The molecular formula is C14H20FNO2. The SMILES string of the molecule is CCC(C(=O)OC)C(c1cccc(F)c1)N(C)C. The molecule has 0 fully saturated rings. The second kappa shape index (κ2) is 6.50. The molecule has 2 atom stereocenters. The van der Waals surface area contributed by atoms with Gasteiger partial charge in [-0.2, -0.15) is 0 Å². The summed E-state index contributed by atoms with van der Waals surface area (Å²) in [5, 5.41) is 0. The minimum absolute atomic E-state index is 0.182. The summed E-state index contributed by atoms with van der Waals surface area (Å²) in [5.74, 6) is -0.855. The van der Waals surface area contributed by atoms with Crippen molar-refractivity contribution in [2.24, 2.45) is 5.92 Å². The highest BCUT2D eigenvalue weighted by Crippen LogP contribution is 2.30. The molecule has 0 aliphatic heterocycles. The molecule has 2 unspecified atom stereocenters. The summed E-state index contributed by atoms with van der Waals surface area (Å²) in [5.41, 5.74) is 0.789. The number of methoxy groups -OCH3 is 1. The van der Waals surface area contributed by atoms with E-state index in [0.29, 0.717) is 6.42 Å². The van der Waals surface area contributed by atoms with Crippen molar-refractivity contribution in [1.82, 2.24) is 4.90 Å². The van der Waals surface area contributed by atoms with Crippen molar-refractivity contribution in [3.05, 3.63) is 35.6 Å². The van der Waals surface area contributed by atoms with Crippen LogP contribution in [0.4, 0.5) is 4.39 Å². The molecule has 0 saturated carbocycles. The van der Waals surface area contributed by atoms with Crippen LogP contribution < -0.4 is 0 Å². The maximum Gasteiger partial charge on any atom is 0.310 e. The summed E-state index contributed by atoms with van der Waals surface area (Å²) in [6.07, 6.45) is 0.645. The first-order chi connectivity index (χ1) is 8.51. The Hall–Kier alpha value is -1.42. The summed E-state index contributed by atoms with van der Waals surface area (Å²) in [6.45, 7) is 1.93. The summed E-state index contributed by atoms with van der Waals surface area (Å²) >= 11 is 0. The molecule has 3 nitrogen and oxygen atoms in total. The Balaban J connectivity index is 3.12. The highest BCUT2D eigenvalue weighted by Gasteiger charge is 2.30. The van der Waals surface area contributed by atoms with Gasteiger partial charge >= 0.3 is 5.97 Å². The lowest BCUT2D eigenvalue weighted by molar-refractivity contribution is -0.148. The maximum absolute atomic E-state index is 13.3. The molecule has 0 aromatic heterocycles. The average Bonchev–Trinajstić information content (AvgIpc) is 2.34. The Morgan fingerprint density at radius 3 is 2.56 bits per heavy atom. The first-order valence-electron chi connectivity index (χ1n) is 6.01. The van der Waals surface area contributed by atoms with E-state index < -0.39 is 0 Å². The van der Waals surface area contributed by atoms with E-state index in [1.807, 2.05) is 32.0 Å². The number of benzene rings is 1. The van der Waals surface area contributed by atoms with Crippen LogP contribution in [-0.4, -0.2) is 32.1 Å². The lowest BCUT2D eigenvalue weighted by atomic mass is 9.90. The fourth-order valence-electron chi connectivity index (χ4n) is 2.25. The zero-order valence-corrected chi connectivity index (χ0v) is 11.3. The van der Waals surface area contributed by atoms with Crippen molar-refractivity contribution in [3.8, 4) is 0 Å². The van der Waals surface area contributed by atoms with E-state index in [2.05, 4.69) is 0 Å². The van der Waals surface area contributed by atoms with Crippen molar-refractivity contribution in [1.29, 1.82) is 0 Å². The van der Waals surface area contributed by atoms with Crippen LogP contribution in [0.25, 0.3) is 0 Å². The van der Waals surface area contributed by atoms with Gasteiger partial charge in [-0.05, 0) is 38.2 Å². The van der Waals surface area contributed by atoms with Gasteiger partial charge in [-0.3, -0.25) is 4.79 Å². The smallest absolute Gasteiger partial charge is 0.310 e. The van der Waals surface area contributed by atoms with Gasteiger partial charge in [0.25, 0.3) is 0 Å². The molecule has 0 saturated heterocycles. The van der Waals surface area contributed by atoms with Gasteiger partial charge in [-0.1, -0.05) is 19.1 Å². The van der Waals surface area contributed by atoms with Gasteiger partial charge in [0.2, 0.25) is 0 Å². The zero-order valence-electron chi connectivity index (χ0n) is 11.3. The minimum Gasteiger partial charge on any atom is -0.469 e. The lowest BCUT2D eigenvalue weighted by Gasteiger charge is -2.30. The molecule has 18 heavy (non-hydrogen) atoms. The van der Waals surface area contributed by atoms with Crippen molar-refractivity contribution < 1.29 is 13.9 Å². The van der Waals surface area contributed by atoms with Gasteiger partial charge in [-0.25, -0.2) is 4.39 Å². The van der Waals surface area contributed by atoms with Gasteiger partial charge in [0.15, 0.2) is 0 Å². The van der Waals surface area contributed by atoms with Gasteiger partial charge in [0, 0.05) is 6.04 Å². The maximum atomic E-state index is 13.3. The van der Waals surface area contributed by atoms with Gasteiger partial charge < -0.3 is 9.64 Å². The van der Waals surface area contributed by atoms with Crippen molar-refractivity contribution >= 4 is 5.97 Å². The Morgan fingerprint density at radius 1 is 1.44 bits per heavy atom. The molecular weight excluding hydrogens is 233 g/mol. The number of rotatable bonds is 5. The second-order valence-electron chi connectivity index (χ2n) is 4.50. The molecule has 0 amide bonds. The van der Waals surface area contributed by atoms with E-state index in [0.717, 1.165) is 5.56 Å². The monoisotopic (exact) mass is 253 g/mol. The molecule has 1 aromatic rings. The number of ether oxygens (including phenoxy) is 1. The summed E-state index contributed by atoms with van der Waals surface area (Å²) in [4.78, 5) is 13.7. The molecule has 1 aromatic carbocycles. The molecule has 0 heterocycles. The van der Waals surface area contributed by atoms with Crippen molar-refractivity contribution in [2.45, 2.75) is 19.4 Å². The predicted molar refractivity (Wildman–Crippen MR) is 68.6 cm³/mol. The van der Waals surface area contributed by atoms with Crippen molar-refractivity contribution in [2.75, 3.05) is 21.2 Å². The molecule has 4 heteroatoms. The highest BCUT2D eigenvalue weighted by molar-refractivity contribution is 5.73. The summed E-state index contributed by atoms with van der Waals surface area (Å²) in [7, 11) is 5.13. The molecule has 0 aliphatic carbocycles. The zero-order chi connectivity index (χ0) is 13.7. The van der Waals surface area contributed by atoms with Crippen molar-refractivity contribution in [3.63, 3.8) is 0 Å².